The Hall–Kier alpha value is -2.54. The first-order chi connectivity index (χ1) is 34.1. The Morgan fingerprint density at radius 1 is 0.423 bits per heavy atom. The molecule has 0 aliphatic heterocycles. The number of methoxy groups -OCH3 is 1. The lowest BCUT2D eigenvalue weighted by Crippen LogP contribution is -2.22. The quantitative estimate of drug-likeness (QED) is 0.0241. The lowest BCUT2D eigenvalue weighted by molar-refractivity contribution is -0.146. The molecule has 12 heteroatoms. The van der Waals surface area contributed by atoms with Crippen LogP contribution >= 0.6 is 0 Å². The molecular formula is C59H108O12. The smallest absolute Gasteiger partial charge is 0.306 e. The second-order valence-electron chi connectivity index (χ2n) is 21.6. The van der Waals surface area contributed by atoms with Crippen LogP contribution in [0.25, 0.3) is 0 Å². The summed E-state index contributed by atoms with van der Waals surface area (Å²) in [5, 5.41) is 39.9. The Bertz CT molecular complexity index is 1410. The standard InChI is InChI=1S/C17H30O3.C15H28O3.C14H26O3.C13H24O3/c1-4-5-6-7-15-14(8-9-16(15)18)12-17(19)20-11-10-13(2)3;1-3-5-6-7-13-12(8-9-14(13)16)11-15(17)18-10-4-2;1-3-5-6-7-12-11(8-9-13(12)15)10-14(16)17-4-2;1-3-4-5-6-11-10(7-8-12(11)14)9-13(15)16-2/h10,14-16,18H,4-9,11-12H2,1-3H3;12-14,16H,3-11H2,1-2H3;11-13,15H,3-10H2,1-2H3;10-12,14H,3-9H2,1-2H3. The van der Waals surface area contributed by atoms with Gasteiger partial charge < -0.3 is 39.4 Å². The first kappa shape index (κ1) is 66.5. The van der Waals surface area contributed by atoms with Gasteiger partial charge in [0.1, 0.15) is 6.61 Å². The number of carbonyl (C=O) groups excluding carboxylic acids is 4. The van der Waals surface area contributed by atoms with Crippen LogP contribution in [0.2, 0.25) is 0 Å². The number of aliphatic hydroxyl groups excluding tert-OH is 4. The molecule has 416 valence electrons. The highest BCUT2D eigenvalue weighted by Gasteiger charge is 2.38. The predicted molar refractivity (Wildman–Crippen MR) is 284 cm³/mol. The molecule has 0 bridgehead atoms. The topological polar surface area (TPSA) is 186 Å². The highest BCUT2D eigenvalue weighted by molar-refractivity contribution is 5.71. The Labute approximate surface area is 432 Å². The van der Waals surface area contributed by atoms with Gasteiger partial charge in [-0.15, -0.1) is 0 Å². The zero-order valence-electron chi connectivity index (χ0n) is 46.7. The van der Waals surface area contributed by atoms with Crippen LogP contribution in [-0.2, 0) is 38.1 Å². The number of allylic oxidation sites excluding steroid dienone is 1. The number of aliphatic hydroxyl groups is 4. The van der Waals surface area contributed by atoms with Gasteiger partial charge in [-0.3, -0.25) is 19.2 Å². The summed E-state index contributed by atoms with van der Waals surface area (Å²) in [6.45, 7) is 17.9. The van der Waals surface area contributed by atoms with E-state index >= 15 is 0 Å². The Morgan fingerprint density at radius 2 is 0.732 bits per heavy atom. The number of unbranched alkanes of at least 4 members (excludes halogenated alkanes) is 8. The normalized spacial score (nSPS) is 27.5. The maximum Gasteiger partial charge on any atom is 0.306 e. The van der Waals surface area contributed by atoms with Gasteiger partial charge in [0.2, 0.25) is 0 Å². The third-order valence-electron chi connectivity index (χ3n) is 15.7. The summed E-state index contributed by atoms with van der Waals surface area (Å²) in [5.74, 6) is 2.08. The average Bonchev–Trinajstić information content (AvgIpc) is 4.08. The van der Waals surface area contributed by atoms with Crippen molar-refractivity contribution in [2.45, 2.75) is 266 Å². The van der Waals surface area contributed by atoms with E-state index in [0.29, 0.717) is 86.9 Å². The molecule has 71 heavy (non-hydrogen) atoms. The minimum atomic E-state index is -0.220. The van der Waals surface area contributed by atoms with Crippen molar-refractivity contribution in [1.29, 1.82) is 0 Å². The Balaban J connectivity index is 0.000000475. The predicted octanol–water partition coefficient (Wildman–Crippen LogP) is 12.6. The van der Waals surface area contributed by atoms with Gasteiger partial charge in [0.25, 0.3) is 0 Å². The lowest BCUT2D eigenvalue weighted by Gasteiger charge is -2.21. The molecule has 0 heterocycles. The van der Waals surface area contributed by atoms with Gasteiger partial charge >= 0.3 is 23.9 Å². The number of rotatable bonds is 29. The van der Waals surface area contributed by atoms with Gasteiger partial charge in [0, 0.05) is 25.7 Å². The summed E-state index contributed by atoms with van der Waals surface area (Å²) in [7, 11) is 1.43. The number of esters is 4. The molecule has 0 saturated heterocycles. The van der Waals surface area contributed by atoms with E-state index in [1.165, 1.54) is 64.9 Å². The van der Waals surface area contributed by atoms with Crippen molar-refractivity contribution < 1.29 is 58.6 Å². The summed E-state index contributed by atoms with van der Waals surface area (Å²) in [6, 6.07) is 0. The second-order valence-corrected chi connectivity index (χ2v) is 21.6. The van der Waals surface area contributed by atoms with E-state index < -0.39 is 0 Å². The Morgan fingerprint density at radius 3 is 1.01 bits per heavy atom. The van der Waals surface area contributed by atoms with E-state index in [9.17, 15) is 39.6 Å². The number of ether oxygens (including phenoxy) is 4. The molecule has 0 aromatic carbocycles. The van der Waals surface area contributed by atoms with Crippen molar-refractivity contribution in [1.82, 2.24) is 0 Å². The molecule has 4 rings (SSSR count). The second kappa shape index (κ2) is 40.8. The number of hydrogen-bond acceptors (Lipinski definition) is 12. The zero-order valence-corrected chi connectivity index (χ0v) is 46.7. The molecule has 4 aliphatic carbocycles. The number of hydrogen-bond donors (Lipinski definition) is 4. The summed E-state index contributed by atoms with van der Waals surface area (Å²) in [4.78, 5) is 46.2. The van der Waals surface area contributed by atoms with E-state index in [2.05, 4.69) is 27.7 Å². The zero-order chi connectivity index (χ0) is 53.0. The van der Waals surface area contributed by atoms with Crippen LogP contribution in [-0.4, -0.2) is 95.6 Å². The maximum atomic E-state index is 11.8. The summed E-state index contributed by atoms with van der Waals surface area (Å²) < 4.78 is 20.1. The van der Waals surface area contributed by atoms with Gasteiger partial charge in [0.05, 0.1) is 44.7 Å². The van der Waals surface area contributed by atoms with Gasteiger partial charge in [0.15, 0.2) is 0 Å². The van der Waals surface area contributed by atoms with E-state index in [-0.39, 0.29) is 54.2 Å². The molecular weight excluding hydrogens is 901 g/mol. The van der Waals surface area contributed by atoms with Gasteiger partial charge in [-0.1, -0.05) is 117 Å². The summed E-state index contributed by atoms with van der Waals surface area (Å²) in [6.07, 6.45) is 29.6. The van der Waals surface area contributed by atoms with Crippen LogP contribution in [0.5, 0.6) is 0 Å². The SMILES string of the molecule is CCCCCC1C(O)CCC1CC(=O)OC.CCCCCC1C(O)CCC1CC(=O)OCC.CCCCCC1C(O)CCC1CC(=O)OCC=C(C)C.CCCCCC1C(O)CCC1CC(=O)OCCC. The van der Waals surface area contributed by atoms with Crippen LogP contribution in [0.1, 0.15) is 242 Å². The molecule has 4 fully saturated rings. The molecule has 4 aliphatic rings. The van der Waals surface area contributed by atoms with Gasteiger partial charge in [-0.05, 0) is 158 Å². The van der Waals surface area contributed by atoms with Crippen LogP contribution in [0.3, 0.4) is 0 Å². The van der Waals surface area contributed by atoms with E-state index in [4.69, 9.17) is 18.9 Å². The molecule has 12 atom stereocenters. The molecule has 4 saturated carbocycles. The molecule has 4 N–H and O–H groups in total. The summed E-state index contributed by atoms with van der Waals surface area (Å²) in [5.41, 5.74) is 1.16. The van der Waals surface area contributed by atoms with Crippen LogP contribution in [0.4, 0.5) is 0 Å². The lowest BCUT2D eigenvalue weighted by atomic mass is 9.87. The highest BCUT2D eigenvalue weighted by atomic mass is 16.5. The molecule has 0 aromatic heterocycles. The van der Waals surface area contributed by atoms with Crippen molar-refractivity contribution in [2.75, 3.05) is 26.9 Å². The van der Waals surface area contributed by atoms with Crippen LogP contribution in [0, 0.1) is 47.3 Å². The van der Waals surface area contributed by atoms with Crippen molar-refractivity contribution in [3.63, 3.8) is 0 Å². The third-order valence-corrected chi connectivity index (χ3v) is 15.7. The van der Waals surface area contributed by atoms with E-state index in [1.54, 1.807) is 0 Å². The first-order valence-corrected chi connectivity index (χ1v) is 29.0. The van der Waals surface area contributed by atoms with Crippen molar-refractivity contribution in [2.24, 2.45) is 47.3 Å². The van der Waals surface area contributed by atoms with Crippen molar-refractivity contribution >= 4 is 23.9 Å². The average molecular weight is 1010 g/mol. The fraction of sp³-hybridized carbons (Fsp3) is 0.898. The third kappa shape index (κ3) is 28.6. The fourth-order valence-electron chi connectivity index (χ4n) is 11.5. The minimum Gasteiger partial charge on any atom is -0.469 e. The Kier molecular flexibility index (Phi) is 38.2. The minimum absolute atomic E-state index is 0.0866. The molecule has 0 amide bonds. The van der Waals surface area contributed by atoms with E-state index in [1.807, 2.05) is 33.8 Å². The van der Waals surface area contributed by atoms with Gasteiger partial charge in [-0.25, -0.2) is 0 Å². The molecule has 12 unspecified atom stereocenters. The van der Waals surface area contributed by atoms with Crippen LogP contribution < -0.4 is 0 Å². The highest BCUT2D eigenvalue weighted by Crippen LogP contribution is 2.41. The molecule has 0 radical (unpaired) electrons. The molecule has 0 spiro atoms. The van der Waals surface area contributed by atoms with Gasteiger partial charge in [-0.2, -0.15) is 0 Å². The first-order valence-electron chi connectivity index (χ1n) is 29.0. The van der Waals surface area contributed by atoms with Crippen molar-refractivity contribution in [3.05, 3.63) is 11.6 Å². The molecule has 0 aromatic rings. The monoisotopic (exact) mass is 1010 g/mol. The van der Waals surface area contributed by atoms with E-state index in [0.717, 1.165) is 108 Å². The largest absolute Gasteiger partial charge is 0.469 e. The van der Waals surface area contributed by atoms with Crippen molar-refractivity contribution in [3.8, 4) is 0 Å². The molecule has 12 nitrogen and oxygen atoms in total. The maximum absolute atomic E-state index is 11.8. The number of carbonyl (C=O) groups is 4. The summed E-state index contributed by atoms with van der Waals surface area (Å²) >= 11 is 0. The fourth-order valence-corrected chi connectivity index (χ4v) is 11.5. The van der Waals surface area contributed by atoms with Crippen LogP contribution in [0.15, 0.2) is 11.6 Å².